The van der Waals surface area contributed by atoms with Crippen LogP contribution in [0.3, 0.4) is 0 Å². The average molecular weight is 291 g/mol. The molecule has 0 saturated heterocycles. The fraction of sp³-hybridized carbons (Fsp3) is 0.889. The Bertz CT molecular complexity index is 383. The van der Waals surface area contributed by atoms with Crippen molar-refractivity contribution in [1.82, 2.24) is 0 Å². The Balaban J connectivity index is 1.79. The molecule has 0 aliphatic heterocycles. The average Bonchev–Trinajstić information content (AvgIpc) is 2.49. The van der Waals surface area contributed by atoms with Gasteiger partial charge in [-0.3, -0.25) is 4.79 Å². The monoisotopic (exact) mass is 291 g/mol. The normalized spacial score (nSPS) is 36.7. The lowest BCUT2D eigenvalue weighted by molar-refractivity contribution is -0.148. The minimum atomic E-state index is -0.144. The topological polar surface area (TPSA) is 50.1 Å². The highest BCUT2D eigenvalue weighted by Gasteiger charge is 2.38. The van der Waals surface area contributed by atoms with Crippen molar-refractivity contribution in [3.05, 3.63) is 0 Å². The molecule has 0 aromatic carbocycles. The van der Waals surface area contributed by atoms with Crippen LogP contribution in [-0.2, 0) is 9.53 Å². The van der Waals surface area contributed by atoms with Gasteiger partial charge in [-0.2, -0.15) is 5.26 Å². The SMILES string of the molecule is CCC[C@]1(C#N)CC[C@@H](C2CCC(OC(C)=O)CC2)CC1. The van der Waals surface area contributed by atoms with Crippen LogP contribution in [0.2, 0.25) is 0 Å². The second-order valence-corrected chi connectivity index (χ2v) is 7.13. The standard InChI is InChI=1S/C18H29NO2/c1-3-10-18(13-19)11-8-16(9-12-18)15-4-6-17(7-5-15)21-14(2)20/h15-17H,3-12H2,1-2H3/t15?,16-,17?,18+. The van der Waals surface area contributed by atoms with E-state index in [1.807, 2.05) is 0 Å². The van der Waals surface area contributed by atoms with Crippen molar-refractivity contribution < 1.29 is 9.53 Å². The van der Waals surface area contributed by atoms with Crippen molar-refractivity contribution in [2.24, 2.45) is 17.3 Å². The van der Waals surface area contributed by atoms with Gasteiger partial charge in [0.1, 0.15) is 6.10 Å². The third kappa shape index (κ3) is 4.22. The van der Waals surface area contributed by atoms with Crippen molar-refractivity contribution in [3.63, 3.8) is 0 Å². The fourth-order valence-corrected chi connectivity index (χ4v) is 4.47. The molecule has 0 radical (unpaired) electrons. The lowest BCUT2D eigenvalue weighted by Gasteiger charge is -2.40. The minimum Gasteiger partial charge on any atom is -0.463 e. The van der Waals surface area contributed by atoms with E-state index in [1.165, 1.54) is 32.6 Å². The quantitative estimate of drug-likeness (QED) is 0.711. The van der Waals surface area contributed by atoms with Gasteiger partial charge < -0.3 is 4.74 Å². The molecule has 3 heteroatoms. The van der Waals surface area contributed by atoms with Crippen LogP contribution in [0.1, 0.15) is 78.1 Å². The van der Waals surface area contributed by atoms with E-state index in [9.17, 15) is 10.1 Å². The van der Waals surface area contributed by atoms with E-state index in [-0.39, 0.29) is 17.5 Å². The Hall–Kier alpha value is -1.04. The molecule has 0 unspecified atom stereocenters. The number of hydrogen-bond acceptors (Lipinski definition) is 3. The first-order chi connectivity index (χ1) is 10.1. The molecule has 3 nitrogen and oxygen atoms in total. The van der Waals surface area contributed by atoms with Gasteiger partial charge in [0.15, 0.2) is 0 Å². The first kappa shape index (κ1) is 16.3. The molecule has 0 spiro atoms. The molecule has 0 aromatic rings. The van der Waals surface area contributed by atoms with Crippen LogP contribution in [0.5, 0.6) is 0 Å². The third-order valence-corrected chi connectivity index (χ3v) is 5.67. The largest absolute Gasteiger partial charge is 0.463 e. The number of rotatable bonds is 4. The highest BCUT2D eigenvalue weighted by Crippen LogP contribution is 2.46. The number of esters is 1. The molecule has 0 heterocycles. The van der Waals surface area contributed by atoms with Crippen LogP contribution < -0.4 is 0 Å². The van der Waals surface area contributed by atoms with Gasteiger partial charge in [-0.05, 0) is 69.6 Å². The van der Waals surface area contributed by atoms with Gasteiger partial charge in [0.25, 0.3) is 0 Å². The Labute approximate surface area is 129 Å². The summed E-state index contributed by atoms with van der Waals surface area (Å²) in [5, 5.41) is 9.49. The van der Waals surface area contributed by atoms with E-state index in [2.05, 4.69) is 13.0 Å². The van der Waals surface area contributed by atoms with Crippen LogP contribution in [0.4, 0.5) is 0 Å². The summed E-state index contributed by atoms with van der Waals surface area (Å²) in [5.74, 6) is 1.44. The molecule has 2 saturated carbocycles. The van der Waals surface area contributed by atoms with Gasteiger partial charge in [-0.15, -0.1) is 0 Å². The molecule has 0 bridgehead atoms. The number of ether oxygens (including phenoxy) is 1. The van der Waals surface area contributed by atoms with Gasteiger partial charge in [0, 0.05) is 6.92 Å². The zero-order valence-electron chi connectivity index (χ0n) is 13.6. The summed E-state index contributed by atoms with van der Waals surface area (Å²) in [6, 6.07) is 2.61. The third-order valence-electron chi connectivity index (χ3n) is 5.67. The van der Waals surface area contributed by atoms with Crippen LogP contribution in [-0.4, -0.2) is 12.1 Å². The number of nitrogens with zero attached hydrogens (tertiary/aromatic N) is 1. The second-order valence-electron chi connectivity index (χ2n) is 7.13. The van der Waals surface area contributed by atoms with Crippen molar-refractivity contribution in [3.8, 4) is 6.07 Å². The molecule has 21 heavy (non-hydrogen) atoms. The van der Waals surface area contributed by atoms with Crippen molar-refractivity contribution in [1.29, 1.82) is 5.26 Å². The lowest BCUT2D eigenvalue weighted by Crippen LogP contribution is -2.32. The smallest absolute Gasteiger partial charge is 0.302 e. The molecule has 0 atom stereocenters. The molecule has 2 rings (SSSR count). The summed E-state index contributed by atoms with van der Waals surface area (Å²) in [6.07, 6.45) is 11.4. The van der Waals surface area contributed by atoms with E-state index in [0.29, 0.717) is 0 Å². The number of carbonyl (C=O) groups is 1. The molecule has 118 valence electrons. The Morgan fingerprint density at radius 1 is 1.14 bits per heavy atom. The second kappa shape index (κ2) is 7.29. The Morgan fingerprint density at radius 2 is 1.71 bits per heavy atom. The Kier molecular flexibility index (Phi) is 5.67. The first-order valence-corrected chi connectivity index (χ1v) is 8.67. The molecule has 0 N–H and O–H groups in total. The fourth-order valence-electron chi connectivity index (χ4n) is 4.47. The van der Waals surface area contributed by atoms with Crippen molar-refractivity contribution in [2.45, 2.75) is 84.2 Å². The summed E-state index contributed by atoms with van der Waals surface area (Å²) >= 11 is 0. The number of nitriles is 1. The molecule has 0 amide bonds. The zero-order valence-corrected chi connectivity index (χ0v) is 13.6. The summed E-state index contributed by atoms with van der Waals surface area (Å²) < 4.78 is 5.33. The maximum atomic E-state index is 11.0. The highest BCUT2D eigenvalue weighted by molar-refractivity contribution is 5.66. The summed E-state index contributed by atoms with van der Waals surface area (Å²) in [7, 11) is 0. The van der Waals surface area contributed by atoms with E-state index < -0.39 is 0 Å². The zero-order chi connectivity index (χ0) is 15.3. The summed E-state index contributed by atoms with van der Waals surface area (Å²) in [4.78, 5) is 11.0. The van der Waals surface area contributed by atoms with Crippen LogP contribution in [0.25, 0.3) is 0 Å². The maximum absolute atomic E-state index is 11.0. The highest BCUT2D eigenvalue weighted by atomic mass is 16.5. The minimum absolute atomic E-state index is 0.0276. The summed E-state index contributed by atoms with van der Waals surface area (Å²) in [5.41, 5.74) is -0.0276. The molecular weight excluding hydrogens is 262 g/mol. The maximum Gasteiger partial charge on any atom is 0.302 e. The Morgan fingerprint density at radius 3 is 2.19 bits per heavy atom. The van der Waals surface area contributed by atoms with Gasteiger partial charge in [-0.25, -0.2) is 0 Å². The van der Waals surface area contributed by atoms with E-state index in [4.69, 9.17) is 4.74 Å². The van der Waals surface area contributed by atoms with E-state index >= 15 is 0 Å². The van der Waals surface area contributed by atoms with Gasteiger partial charge >= 0.3 is 5.97 Å². The molecule has 2 aliphatic rings. The van der Waals surface area contributed by atoms with Crippen molar-refractivity contribution in [2.75, 3.05) is 0 Å². The molecular formula is C18H29NO2. The van der Waals surface area contributed by atoms with Gasteiger partial charge in [0.2, 0.25) is 0 Å². The predicted octanol–water partition coefficient (Wildman–Crippen LogP) is 4.61. The van der Waals surface area contributed by atoms with Crippen LogP contribution in [0.15, 0.2) is 0 Å². The van der Waals surface area contributed by atoms with E-state index in [1.54, 1.807) is 0 Å². The van der Waals surface area contributed by atoms with Crippen LogP contribution >= 0.6 is 0 Å². The first-order valence-electron chi connectivity index (χ1n) is 8.67. The molecule has 0 aromatic heterocycles. The van der Waals surface area contributed by atoms with E-state index in [0.717, 1.165) is 50.4 Å². The molecule has 2 fully saturated rings. The lowest BCUT2D eigenvalue weighted by atomic mass is 9.64. The molecule has 2 aliphatic carbocycles. The summed E-state index contributed by atoms with van der Waals surface area (Å²) in [6.45, 7) is 3.68. The van der Waals surface area contributed by atoms with Gasteiger partial charge in [-0.1, -0.05) is 13.3 Å². The van der Waals surface area contributed by atoms with Crippen LogP contribution in [0, 0.1) is 28.6 Å². The van der Waals surface area contributed by atoms with Gasteiger partial charge in [0.05, 0.1) is 11.5 Å². The number of carbonyl (C=O) groups excluding carboxylic acids is 1. The predicted molar refractivity (Wildman–Crippen MR) is 82.4 cm³/mol. The van der Waals surface area contributed by atoms with Crippen molar-refractivity contribution >= 4 is 5.97 Å². The number of hydrogen-bond donors (Lipinski definition) is 0.